The summed E-state index contributed by atoms with van der Waals surface area (Å²) in [6.45, 7) is 6.82. The second-order valence-electron chi connectivity index (χ2n) is 8.90. The van der Waals surface area contributed by atoms with Gasteiger partial charge in [0.1, 0.15) is 0 Å². The normalized spacial score (nSPS) is 23.7. The van der Waals surface area contributed by atoms with Crippen molar-refractivity contribution in [2.45, 2.75) is 116 Å². The lowest BCUT2D eigenvalue weighted by Gasteiger charge is -2.28. The van der Waals surface area contributed by atoms with E-state index < -0.39 is 0 Å². The van der Waals surface area contributed by atoms with Gasteiger partial charge in [0, 0.05) is 0 Å². The monoisotopic (exact) mass is 379 g/mol. The van der Waals surface area contributed by atoms with Crippen LogP contribution in [0.15, 0.2) is 12.2 Å². The summed E-state index contributed by atoms with van der Waals surface area (Å²) in [4.78, 5) is 0. The molecule has 1 nitrogen and oxygen atoms in total. The van der Waals surface area contributed by atoms with Crippen LogP contribution in [0.1, 0.15) is 116 Å². The van der Waals surface area contributed by atoms with Crippen molar-refractivity contribution < 1.29 is 0 Å². The van der Waals surface area contributed by atoms with Crippen molar-refractivity contribution in [3.8, 4) is 0 Å². The molecule has 0 amide bonds. The van der Waals surface area contributed by atoms with Crippen LogP contribution in [0.2, 0.25) is 0 Å². The van der Waals surface area contributed by atoms with E-state index >= 15 is 0 Å². The minimum atomic E-state index is 0.992. The fourth-order valence-corrected chi connectivity index (χ4v) is 5.01. The van der Waals surface area contributed by atoms with Crippen LogP contribution in [-0.4, -0.2) is 5.49 Å². The number of allylic oxidation sites excluding steroid dienone is 1. The summed E-state index contributed by atoms with van der Waals surface area (Å²) in [7, 11) is 0. The van der Waals surface area contributed by atoms with Crippen LogP contribution in [0.4, 0.5) is 0 Å². The van der Waals surface area contributed by atoms with Crippen LogP contribution < -0.4 is 5.73 Å². The van der Waals surface area contributed by atoms with E-state index in [1.54, 1.807) is 0 Å². The van der Waals surface area contributed by atoms with Gasteiger partial charge >= 0.3 is 0 Å². The van der Waals surface area contributed by atoms with Gasteiger partial charge in [-0.15, -0.1) is 0 Å². The Morgan fingerprint density at radius 2 is 1.42 bits per heavy atom. The summed E-state index contributed by atoms with van der Waals surface area (Å²) in [6.07, 6.45) is 24.7. The van der Waals surface area contributed by atoms with E-state index in [0.29, 0.717) is 0 Å². The zero-order valence-electron chi connectivity index (χ0n) is 17.5. The zero-order chi connectivity index (χ0) is 19.0. The van der Waals surface area contributed by atoms with Gasteiger partial charge in [0.05, 0.1) is 5.49 Å². The Hall–Kier alpha value is -0.370. The third-order valence-electron chi connectivity index (χ3n) is 6.76. The van der Waals surface area contributed by atoms with E-state index in [9.17, 15) is 0 Å². The third kappa shape index (κ3) is 11.4. The molecule has 2 heteroatoms. The number of hydrogen-bond acceptors (Lipinski definition) is 1. The fourth-order valence-electron chi connectivity index (χ4n) is 5.01. The third-order valence-corrected chi connectivity index (χ3v) is 6.76. The molecule has 0 radical (unpaired) electrons. The lowest BCUT2D eigenvalue weighted by molar-refractivity contribution is 0.237. The van der Waals surface area contributed by atoms with Crippen molar-refractivity contribution in [2.75, 3.05) is 0 Å². The Morgan fingerprint density at radius 3 is 2.04 bits per heavy atom. The molecule has 2 rings (SSSR count). The molecule has 2 atom stereocenters. The molecule has 2 aliphatic carbocycles. The number of rotatable bonds is 10. The van der Waals surface area contributed by atoms with Crippen molar-refractivity contribution in [3.63, 3.8) is 0 Å². The summed E-state index contributed by atoms with van der Waals surface area (Å²) in [6, 6.07) is 0. The zero-order valence-corrected chi connectivity index (χ0v) is 18.3. The predicted octanol–water partition coefficient (Wildman–Crippen LogP) is 7.97. The van der Waals surface area contributed by atoms with E-state index in [0.717, 1.165) is 23.2 Å². The quantitative estimate of drug-likeness (QED) is 0.236. The Bertz CT molecular complexity index is 359. The molecule has 2 aliphatic rings. The molecule has 0 aromatic heterocycles. The second-order valence-corrected chi connectivity index (χ2v) is 9.18. The lowest BCUT2D eigenvalue weighted by Crippen LogP contribution is -2.16. The highest BCUT2D eigenvalue weighted by Crippen LogP contribution is 2.33. The minimum Gasteiger partial charge on any atom is -0.396 e. The van der Waals surface area contributed by atoms with Gasteiger partial charge in [0.15, 0.2) is 0 Å². The maximum Gasteiger partial charge on any atom is 0.0588 e. The summed E-state index contributed by atoms with van der Waals surface area (Å²) in [5.41, 5.74) is 7.15. The first-order chi connectivity index (χ1) is 12.7. The Morgan fingerprint density at radius 1 is 0.885 bits per heavy atom. The Labute approximate surface area is 169 Å². The van der Waals surface area contributed by atoms with Gasteiger partial charge in [-0.25, -0.2) is 0 Å². The number of hydrogen-bond donors (Lipinski definition) is 1. The molecule has 0 bridgehead atoms. The fraction of sp³-hybridized carbons (Fsp3) is 0.875. The first-order valence-corrected chi connectivity index (χ1v) is 12.0. The molecule has 0 spiro atoms. The van der Waals surface area contributed by atoms with Crippen LogP contribution in [0, 0.1) is 17.8 Å². The molecular formula is C24H45NS. The van der Waals surface area contributed by atoms with E-state index in [4.69, 9.17) is 0 Å². The molecule has 2 unspecified atom stereocenters. The molecule has 26 heavy (non-hydrogen) atoms. The van der Waals surface area contributed by atoms with E-state index in [-0.39, 0.29) is 0 Å². The van der Waals surface area contributed by atoms with Gasteiger partial charge in [-0.3, -0.25) is 0 Å². The number of unbranched alkanes of at least 4 members (excludes halogenated alkanes) is 2. The van der Waals surface area contributed by atoms with Crippen LogP contribution in [0.25, 0.3) is 0 Å². The van der Waals surface area contributed by atoms with Crippen molar-refractivity contribution in [1.29, 1.82) is 0 Å². The van der Waals surface area contributed by atoms with Crippen LogP contribution in [0.3, 0.4) is 0 Å². The summed E-state index contributed by atoms with van der Waals surface area (Å²) in [5, 5.41) is 0. The highest BCUT2D eigenvalue weighted by atomic mass is 32.1. The first-order valence-electron chi connectivity index (χ1n) is 11.5. The maximum atomic E-state index is 4.54. The molecule has 0 aliphatic heterocycles. The molecule has 0 heterocycles. The van der Waals surface area contributed by atoms with Crippen molar-refractivity contribution in [2.24, 2.45) is 23.5 Å². The molecule has 2 fully saturated rings. The molecule has 2 saturated carbocycles. The maximum absolute atomic E-state index is 4.54. The van der Waals surface area contributed by atoms with Gasteiger partial charge < -0.3 is 5.73 Å². The van der Waals surface area contributed by atoms with E-state index in [1.807, 2.05) is 0 Å². The van der Waals surface area contributed by atoms with Crippen LogP contribution >= 0.6 is 12.2 Å². The molecule has 0 saturated heterocycles. The highest BCUT2D eigenvalue weighted by Gasteiger charge is 2.20. The summed E-state index contributed by atoms with van der Waals surface area (Å²) >= 11 is 4.05. The average Bonchev–Trinajstić information content (AvgIpc) is 2.65. The second kappa shape index (κ2) is 15.7. The van der Waals surface area contributed by atoms with Gasteiger partial charge in [-0.05, 0) is 43.4 Å². The lowest BCUT2D eigenvalue weighted by atomic mass is 9.78. The van der Waals surface area contributed by atoms with Gasteiger partial charge in [0.25, 0.3) is 0 Å². The average molecular weight is 380 g/mol. The molecular weight excluding hydrogens is 334 g/mol. The van der Waals surface area contributed by atoms with E-state index in [1.165, 1.54) is 115 Å². The van der Waals surface area contributed by atoms with Gasteiger partial charge in [-0.1, -0.05) is 115 Å². The molecule has 2 N–H and O–H groups in total. The SMILES string of the molecule is C=C(CCCCC1CCCCC1)CCCCC1CCCCC1C.NC=S. The standard InChI is InChI=1S/C23H42.CH3NS/c1-20(12-6-9-17-22-15-4-3-5-16-22)13-7-10-18-23-19-11-8-14-21(23)2;2-1-3/h21-23H,1,3-19H2,2H3;1H,(H2,2,3). The largest absolute Gasteiger partial charge is 0.396 e. The number of nitrogens with two attached hydrogens (primary N) is 1. The first kappa shape index (κ1) is 23.7. The van der Waals surface area contributed by atoms with Crippen molar-refractivity contribution >= 4 is 17.7 Å². The van der Waals surface area contributed by atoms with Gasteiger partial charge in [0.2, 0.25) is 0 Å². The predicted molar refractivity (Wildman–Crippen MR) is 122 cm³/mol. The molecule has 0 aromatic rings. The van der Waals surface area contributed by atoms with Crippen molar-refractivity contribution in [3.05, 3.63) is 12.2 Å². The molecule has 0 aromatic carbocycles. The highest BCUT2D eigenvalue weighted by molar-refractivity contribution is 7.78. The Kier molecular flexibility index (Phi) is 14.3. The topological polar surface area (TPSA) is 26.0 Å². The summed E-state index contributed by atoms with van der Waals surface area (Å²) in [5.74, 6) is 3.09. The van der Waals surface area contributed by atoms with Crippen LogP contribution in [-0.2, 0) is 0 Å². The number of thiocarbonyl (C=S) groups is 1. The van der Waals surface area contributed by atoms with E-state index in [2.05, 4.69) is 31.5 Å². The molecule has 152 valence electrons. The van der Waals surface area contributed by atoms with Crippen LogP contribution in [0.5, 0.6) is 0 Å². The summed E-state index contributed by atoms with van der Waals surface area (Å²) < 4.78 is 0. The minimum absolute atomic E-state index is 0.992. The smallest absolute Gasteiger partial charge is 0.0588 e. The Balaban J connectivity index is 0.00000105. The van der Waals surface area contributed by atoms with Crippen molar-refractivity contribution in [1.82, 2.24) is 0 Å². The van der Waals surface area contributed by atoms with Gasteiger partial charge in [-0.2, -0.15) is 0 Å².